The number of allylic oxidation sites excluding steroid dienone is 8. The Morgan fingerprint density at radius 1 is 0.983 bits per heavy atom. The molecule has 0 amide bonds. The second-order valence-electron chi connectivity index (χ2n) is 20.5. The Morgan fingerprint density at radius 3 is 2.31 bits per heavy atom. The fourth-order valence-electron chi connectivity index (χ4n) is 10.8. The van der Waals surface area contributed by atoms with E-state index < -0.39 is 0 Å². The van der Waals surface area contributed by atoms with E-state index in [2.05, 4.69) is 96.8 Å². The average molecular weight is 783 g/mol. The van der Waals surface area contributed by atoms with Gasteiger partial charge < -0.3 is 9.47 Å². The maximum atomic E-state index is 13.2. The summed E-state index contributed by atoms with van der Waals surface area (Å²) < 4.78 is 13.2. The normalized spacial score (nSPS) is 25.1. The van der Waals surface area contributed by atoms with E-state index in [1.807, 2.05) is 19.9 Å². The van der Waals surface area contributed by atoms with Crippen LogP contribution in [0.4, 0.5) is 0 Å². The lowest BCUT2D eigenvalue weighted by Crippen LogP contribution is -2.29. The number of carbonyl (C=O) groups excluding carboxylic acids is 1. The van der Waals surface area contributed by atoms with Crippen molar-refractivity contribution in [3.8, 4) is 5.75 Å². The van der Waals surface area contributed by atoms with Crippen LogP contribution in [0, 0.1) is 40.4 Å². The van der Waals surface area contributed by atoms with E-state index in [4.69, 9.17) is 22.6 Å². The van der Waals surface area contributed by atoms with Crippen molar-refractivity contribution in [2.24, 2.45) is 40.4 Å². The van der Waals surface area contributed by atoms with Crippen molar-refractivity contribution in [3.63, 3.8) is 0 Å². The van der Waals surface area contributed by atoms with Crippen molar-refractivity contribution < 1.29 is 14.3 Å². The van der Waals surface area contributed by atoms with Crippen molar-refractivity contribution in [3.05, 3.63) is 121 Å². The molecule has 3 fully saturated rings. The fourth-order valence-corrected chi connectivity index (χ4v) is 10.8. The highest BCUT2D eigenvalue weighted by Crippen LogP contribution is 2.60. The highest BCUT2D eigenvalue weighted by molar-refractivity contribution is 5.94. The molecule has 0 heterocycles. The SMILES string of the molecule is C=CC1CC1(CC(=C)C1CC(Oc2cc(C3=CCC(CC(=C)OC(C)C)=C3)cc3cc(C(C)C)ccc23)CC1C(=C)C(CC(=C)CC1CCCC1)C(C)(C)C)C(C)=O. The van der Waals surface area contributed by atoms with Gasteiger partial charge in [0.25, 0.3) is 0 Å². The molecule has 0 N–H and O–H groups in total. The van der Waals surface area contributed by atoms with Gasteiger partial charge in [-0.2, -0.15) is 0 Å². The van der Waals surface area contributed by atoms with Gasteiger partial charge >= 0.3 is 0 Å². The summed E-state index contributed by atoms with van der Waals surface area (Å²) >= 11 is 0. The molecule has 0 radical (unpaired) electrons. The largest absolute Gasteiger partial charge is 0.496 e. The maximum absolute atomic E-state index is 13.2. The van der Waals surface area contributed by atoms with Gasteiger partial charge in [0.15, 0.2) is 0 Å². The van der Waals surface area contributed by atoms with Gasteiger partial charge in [-0.05, 0) is 141 Å². The van der Waals surface area contributed by atoms with Crippen molar-refractivity contribution in [2.75, 3.05) is 0 Å². The second-order valence-corrected chi connectivity index (χ2v) is 20.5. The lowest BCUT2D eigenvalue weighted by atomic mass is 9.67. The van der Waals surface area contributed by atoms with E-state index >= 15 is 0 Å². The van der Waals surface area contributed by atoms with Gasteiger partial charge in [-0.15, -0.1) is 6.58 Å². The third-order valence-corrected chi connectivity index (χ3v) is 14.2. The van der Waals surface area contributed by atoms with Gasteiger partial charge in [-0.1, -0.05) is 145 Å². The summed E-state index contributed by atoms with van der Waals surface area (Å²) in [6, 6.07) is 11.5. The Hall–Kier alpha value is -3.85. The third kappa shape index (κ3) is 9.94. The molecule has 312 valence electrons. The Morgan fingerprint density at radius 2 is 1.69 bits per heavy atom. The molecule has 3 heteroatoms. The second kappa shape index (κ2) is 17.8. The predicted molar refractivity (Wildman–Crippen MR) is 247 cm³/mol. The minimum Gasteiger partial charge on any atom is -0.496 e. The first-order valence-corrected chi connectivity index (χ1v) is 22.5. The number of Topliss-reactive ketones (excluding diaryl/α,β-unsaturated/α-hetero) is 1. The van der Waals surface area contributed by atoms with Crippen LogP contribution in [0.25, 0.3) is 16.3 Å². The lowest BCUT2D eigenvalue weighted by Gasteiger charge is -2.38. The topological polar surface area (TPSA) is 35.5 Å². The smallest absolute Gasteiger partial charge is 0.136 e. The van der Waals surface area contributed by atoms with E-state index in [1.165, 1.54) is 70.1 Å². The van der Waals surface area contributed by atoms with E-state index in [9.17, 15) is 4.79 Å². The molecule has 3 saturated carbocycles. The van der Waals surface area contributed by atoms with Crippen LogP contribution >= 0.6 is 0 Å². The van der Waals surface area contributed by atoms with Crippen molar-refractivity contribution in [1.82, 2.24) is 0 Å². The molecule has 0 aliphatic heterocycles. The first kappa shape index (κ1) is 43.7. The monoisotopic (exact) mass is 783 g/mol. The van der Waals surface area contributed by atoms with Gasteiger partial charge in [0, 0.05) is 17.2 Å². The molecular formula is C55H74O3. The highest BCUT2D eigenvalue weighted by Gasteiger charge is 2.57. The van der Waals surface area contributed by atoms with Gasteiger partial charge in [0.2, 0.25) is 0 Å². The molecule has 0 spiro atoms. The Labute approximate surface area is 352 Å². The summed E-state index contributed by atoms with van der Waals surface area (Å²) in [5.41, 5.74) is 8.55. The number of hydrogen-bond acceptors (Lipinski definition) is 3. The molecule has 6 unspecified atom stereocenters. The summed E-state index contributed by atoms with van der Waals surface area (Å²) in [7, 11) is 0. The van der Waals surface area contributed by atoms with Crippen LogP contribution in [0.5, 0.6) is 5.75 Å². The summed E-state index contributed by atoms with van der Waals surface area (Å²) in [5.74, 6) is 4.11. The summed E-state index contributed by atoms with van der Waals surface area (Å²) in [6.45, 7) is 40.2. The minimum atomic E-state index is -0.365. The van der Waals surface area contributed by atoms with Crippen LogP contribution in [0.1, 0.15) is 149 Å². The number of ether oxygens (including phenoxy) is 2. The van der Waals surface area contributed by atoms with Gasteiger partial charge in [-0.25, -0.2) is 0 Å². The molecule has 0 saturated heterocycles. The molecule has 58 heavy (non-hydrogen) atoms. The first-order valence-electron chi connectivity index (χ1n) is 22.5. The molecule has 0 bridgehead atoms. The zero-order chi connectivity index (χ0) is 42.1. The Bertz CT molecular complexity index is 1990. The number of rotatable bonds is 19. The molecule has 2 aromatic rings. The summed E-state index contributed by atoms with van der Waals surface area (Å²) in [5, 5.41) is 2.35. The number of fused-ring (bicyclic) bond motifs is 1. The zero-order valence-electron chi connectivity index (χ0n) is 37.5. The molecule has 6 rings (SSSR count). The van der Waals surface area contributed by atoms with Crippen LogP contribution in [0.2, 0.25) is 0 Å². The van der Waals surface area contributed by atoms with Crippen molar-refractivity contribution >= 4 is 22.1 Å². The molecule has 4 aliphatic rings. The molecular weight excluding hydrogens is 709 g/mol. The summed E-state index contributed by atoms with van der Waals surface area (Å²) in [4.78, 5) is 13.2. The van der Waals surface area contributed by atoms with E-state index in [-0.39, 0.29) is 46.6 Å². The van der Waals surface area contributed by atoms with E-state index in [0.717, 1.165) is 67.8 Å². The fraction of sp³-hybridized carbons (Fsp3) is 0.545. The summed E-state index contributed by atoms with van der Waals surface area (Å²) in [6.07, 6.45) is 19.2. The van der Waals surface area contributed by atoms with Crippen LogP contribution in [-0.2, 0) is 9.53 Å². The Balaban J connectivity index is 1.32. The number of hydrogen-bond donors (Lipinski definition) is 0. The third-order valence-electron chi connectivity index (χ3n) is 14.2. The molecule has 6 atom stereocenters. The quantitative estimate of drug-likeness (QED) is 0.105. The van der Waals surface area contributed by atoms with Crippen LogP contribution in [0.3, 0.4) is 0 Å². The van der Waals surface area contributed by atoms with Crippen LogP contribution in [-0.4, -0.2) is 18.0 Å². The van der Waals surface area contributed by atoms with Gasteiger partial charge in [-0.3, -0.25) is 4.79 Å². The first-order chi connectivity index (χ1) is 27.4. The molecule has 0 aromatic heterocycles. The van der Waals surface area contributed by atoms with Crippen molar-refractivity contribution in [1.29, 1.82) is 0 Å². The number of carbonyl (C=O) groups is 1. The van der Waals surface area contributed by atoms with Crippen LogP contribution < -0.4 is 4.74 Å². The molecule has 2 aromatic carbocycles. The van der Waals surface area contributed by atoms with E-state index in [1.54, 1.807) is 6.92 Å². The maximum Gasteiger partial charge on any atom is 0.136 e. The van der Waals surface area contributed by atoms with Crippen LogP contribution in [0.15, 0.2) is 110 Å². The highest BCUT2D eigenvalue weighted by atomic mass is 16.5. The standard InChI is InChI=1S/C55H74O3/c1-14-47-33-55(47,40(10)56)32-37(7)50-30-48(31-51(50)39(9)52(54(11,12)13)24-36(6)23-41-17-15-16-18-41)58-53-29-45(28-46-27-43(34(2)3)21-22-49(46)53)44-20-19-42(26-44)25-38(8)57-35(4)5/h14,20-22,26-29,34-35,41,47-48,50-52H,1,6-9,15-19,23-25,30-33H2,2-5,10-13H3. The van der Waals surface area contributed by atoms with E-state index in [0.29, 0.717) is 18.3 Å². The Kier molecular flexibility index (Phi) is 13.4. The molecule has 4 aliphatic carbocycles. The minimum absolute atomic E-state index is 0.0168. The lowest BCUT2D eigenvalue weighted by molar-refractivity contribution is -0.122. The average Bonchev–Trinajstić information content (AvgIpc) is 3.56. The van der Waals surface area contributed by atoms with Crippen molar-refractivity contribution in [2.45, 2.75) is 151 Å². The van der Waals surface area contributed by atoms with Gasteiger partial charge in [0.05, 0.1) is 18.0 Å². The molecule has 3 nitrogen and oxygen atoms in total. The number of ketones is 1. The zero-order valence-corrected chi connectivity index (χ0v) is 37.5. The number of benzene rings is 2. The predicted octanol–water partition coefficient (Wildman–Crippen LogP) is 15.3. The van der Waals surface area contributed by atoms with Gasteiger partial charge in [0.1, 0.15) is 11.5 Å².